The topological polar surface area (TPSA) is 32.3 Å². The summed E-state index contributed by atoms with van der Waals surface area (Å²) in [5, 5.41) is 3.64. The highest BCUT2D eigenvalue weighted by atomic mass is 32.2. The molecule has 0 aliphatic carbocycles. The molecule has 0 spiro atoms. The maximum absolute atomic E-state index is 11.4. The van der Waals surface area contributed by atoms with Crippen LogP contribution in [-0.4, -0.2) is 51.8 Å². The molecule has 100 valence electrons. The first-order chi connectivity index (χ1) is 8.08. The Balaban J connectivity index is 1.95. The Bertz CT molecular complexity index is 273. The van der Waals surface area contributed by atoms with E-state index in [-0.39, 0.29) is 0 Å². The molecule has 1 N–H and O–H groups in total. The molecule has 2 atom stereocenters. The molecule has 0 aromatic rings. The fourth-order valence-electron chi connectivity index (χ4n) is 2.98. The minimum Gasteiger partial charge on any atom is -0.311 e. The van der Waals surface area contributed by atoms with Gasteiger partial charge in [0.2, 0.25) is 0 Å². The third-order valence-electron chi connectivity index (χ3n) is 4.28. The van der Waals surface area contributed by atoms with Gasteiger partial charge < -0.3 is 5.32 Å². The Morgan fingerprint density at radius 1 is 1.29 bits per heavy atom. The average molecular weight is 258 g/mol. The summed E-state index contributed by atoms with van der Waals surface area (Å²) >= 11 is 0. The van der Waals surface area contributed by atoms with Crippen LogP contribution in [0.25, 0.3) is 0 Å². The molecular weight excluding hydrogens is 232 g/mol. The highest BCUT2D eigenvalue weighted by molar-refractivity contribution is 7.85. The summed E-state index contributed by atoms with van der Waals surface area (Å²) in [4.78, 5) is 2.66. The third-order valence-corrected chi connectivity index (χ3v) is 5.66. The Kier molecular flexibility index (Phi) is 4.61. The fourth-order valence-corrected chi connectivity index (χ4v) is 4.25. The van der Waals surface area contributed by atoms with Crippen LogP contribution in [0.5, 0.6) is 0 Å². The molecule has 0 aromatic heterocycles. The minimum atomic E-state index is -0.536. The summed E-state index contributed by atoms with van der Waals surface area (Å²) in [5.41, 5.74) is 0. The minimum absolute atomic E-state index is 0.536. The van der Waals surface area contributed by atoms with Crippen molar-refractivity contribution in [1.82, 2.24) is 10.2 Å². The lowest BCUT2D eigenvalue weighted by atomic mass is 9.97. The van der Waals surface area contributed by atoms with Crippen LogP contribution in [0.15, 0.2) is 0 Å². The number of hydrogen-bond donors (Lipinski definition) is 1. The van der Waals surface area contributed by atoms with Gasteiger partial charge in [0.25, 0.3) is 0 Å². The molecule has 0 bridgehead atoms. The molecule has 3 nitrogen and oxygen atoms in total. The summed E-state index contributed by atoms with van der Waals surface area (Å²) in [6.45, 7) is 9.16. The molecule has 2 aliphatic rings. The van der Waals surface area contributed by atoms with E-state index in [1.807, 2.05) is 0 Å². The highest BCUT2D eigenvalue weighted by Crippen LogP contribution is 2.22. The zero-order valence-corrected chi connectivity index (χ0v) is 12.1. The molecule has 2 saturated heterocycles. The molecular formula is C13H26N2OS. The average Bonchev–Trinajstić information content (AvgIpc) is 2.31. The van der Waals surface area contributed by atoms with E-state index in [2.05, 4.69) is 31.0 Å². The van der Waals surface area contributed by atoms with Crippen LogP contribution in [0.4, 0.5) is 0 Å². The molecule has 0 radical (unpaired) electrons. The number of nitrogens with one attached hydrogen (secondary N) is 1. The van der Waals surface area contributed by atoms with E-state index >= 15 is 0 Å². The lowest BCUT2D eigenvalue weighted by molar-refractivity contribution is 0.0732. The Morgan fingerprint density at radius 3 is 2.53 bits per heavy atom. The van der Waals surface area contributed by atoms with Gasteiger partial charge >= 0.3 is 0 Å². The van der Waals surface area contributed by atoms with E-state index in [9.17, 15) is 4.21 Å². The molecule has 0 amide bonds. The van der Waals surface area contributed by atoms with Gasteiger partial charge in [0.05, 0.1) is 0 Å². The van der Waals surface area contributed by atoms with E-state index < -0.39 is 10.8 Å². The maximum atomic E-state index is 11.4. The molecule has 0 saturated carbocycles. The SMILES string of the molecule is CC(C)C1CN(C2CCS(=O)CC2)C(C)CN1. The van der Waals surface area contributed by atoms with Gasteiger partial charge in [0.15, 0.2) is 0 Å². The highest BCUT2D eigenvalue weighted by Gasteiger charge is 2.33. The molecule has 4 heteroatoms. The smallest absolute Gasteiger partial charge is 0.0249 e. The monoisotopic (exact) mass is 258 g/mol. The molecule has 0 aromatic carbocycles. The maximum Gasteiger partial charge on any atom is 0.0249 e. The Hall–Kier alpha value is 0.0700. The predicted molar refractivity (Wildman–Crippen MR) is 73.7 cm³/mol. The van der Waals surface area contributed by atoms with Gasteiger partial charge in [0, 0.05) is 53.5 Å². The Morgan fingerprint density at radius 2 is 1.94 bits per heavy atom. The van der Waals surface area contributed by atoms with Gasteiger partial charge in [0.1, 0.15) is 0 Å². The first-order valence-electron chi connectivity index (χ1n) is 6.92. The van der Waals surface area contributed by atoms with Crippen LogP contribution in [0, 0.1) is 5.92 Å². The zero-order valence-electron chi connectivity index (χ0n) is 11.3. The first-order valence-corrected chi connectivity index (χ1v) is 8.41. The predicted octanol–water partition coefficient (Wildman–Crippen LogP) is 1.22. The van der Waals surface area contributed by atoms with Gasteiger partial charge in [-0.05, 0) is 25.7 Å². The molecule has 17 heavy (non-hydrogen) atoms. The van der Waals surface area contributed by atoms with Crippen LogP contribution in [0.2, 0.25) is 0 Å². The van der Waals surface area contributed by atoms with Crippen molar-refractivity contribution in [2.45, 2.75) is 51.7 Å². The zero-order chi connectivity index (χ0) is 12.4. The summed E-state index contributed by atoms with van der Waals surface area (Å²) in [6, 6.07) is 1.92. The van der Waals surface area contributed by atoms with Crippen molar-refractivity contribution in [2.75, 3.05) is 24.6 Å². The molecule has 2 heterocycles. The van der Waals surface area contributed by atoms with Crippen molar-refractivity contribution in [2.24, 2.45) is 5.92 Å². The number of nitrogens with zero attached hydrogens (tertiary/aromatic N) is 1. The second kappa shape index (κ2) is 5.81. The van der Waals surface area contributed by atoms with Crippen molar-refractivity contribution < 1.29 is 4.21 Å². The number of rotatable bonds is 2. The van der Waals surface area contributed by atoms with Gasteiger partial charge in [-0.25, -0.2) is 0 Å². The molecule has 2 rings (SSSR count). The first kappa shape index (κ1) is 13.5. The standard InChI is InChI=1S/C13H26N2OS/c1-10(2)13-9-15(11(3)8-14-13)12-4-6-17(16)7-5-12/h10-14H,4-9H2,1-3H3. The van der Waals surface area contributed by atoms with Crippen molar-refractivity contribution in [3.05, 3.63) is 0 Å². The van der Waals surface area contributed by atoms with Crippen LogP contribution in [0.3, 0.4) is 0 Å². The quantitative estimate of drug-likeness (QED) is 0.808. The lowest BCUT2D eigenvalue weighted by Crippen LogP contribution is -2.60. The van der Waals surface area contributed by atoms with Crippen LogP contribution >= 0.6 is 0 Å². The lowest BCUT2D eigenvalue weighted by Gasteiger charge is -2.45. The largest absolute Gasteiger partial charge is 0.311 e. The molecule has 2 unspecified atom stereocenters. The summed E-state index contributed by atoms with van der Waals surface area (Å²) in [6.07, 6.45) is 2.25. The normalized spacial score (nSPS) is 40.7. The van der Waals surface area contributed by atoms with E-state index in [4.69, 9.17) is 0 Å². The van der Waals surface area contributed by atoms with Crippen LogP contribution in [0.1, 0.15) is 33.6 Å². The van der Waals surface area contributed by atoms with Crippen LogP contribution in [-0.2, 0) is 10.8 Å². The van der Waals surface area contributed by atoms with E-state index in [0.29, 0.717) is 24.0 Å². The van der Waals surface area contributed by atoms with Crippen LogP contribution < -0.4 is 5.32 Å². The van der Waals surface area contributed by atoms with Gasteiger partial charge in [-0.1, -0.05) is 13.8 Å². The van der Waals surface area contributed by atoms with Crippen molar-refractivity contribution in [3.8, 4) is 0 Å². The second-order valence-corrected chi connectivity index (χ2v) is 7.58. The van der Waals surface area contributed by atoms with Gasteiger partial charge in [-0.15, -0.1) is 0 Å². The van der Waals surface area contributed by atoms with E-state index in [0.717, 1.165) is 37.4 Å². The summed E-state index contributed by atoms with van der Waals surface area (Å²) in [7, 11) is -0.536. The van der Waals surface area contributed by atoms with Crippen molar-refractivity contribution in [3.63, 3.8) is 0 Å². The fraction of sp³-hybridized carbons (Fsp3) is 1.00. The van der Waals surface area contributed by atoms with Gasteiger partial charge in [-0.3, -0.25) is 9.11 Å². The molecule has 2 aliphatic heterocycles. The summed E-state index contributed by atoms with van der Waals surface area (Å²) < 4.78 is 11.4. The second-order valence-electron chi connectivity index (χ2n) is 5.88. The van der Waals surface area contributed by atoms with Crippen molar-refractivity contribution in [1.29, 1.82) is 0 Å². The van der Waals surface area contributed by atoms with Crippen molar-refractivity contribution >= 4 is 10.8 Å². The van der Waals surface area contributed by atoms with Gasteiger partial charge in [-0.2, -0.15) is 0 Å². The Labute approximate surface area is 108 Å². The molecule has 2 fully saturated rings. The number of hydrogen-bond acceptors (Lipinski definition) is 3. The summed E-state index contributed by atoms with van der Waals surface area (Å²) in [5.74, 6) is 2.52. The number of piperazine rings is 1. The van der Waals surface area contributed by atoms with E-state index in [1.54, 1.807) is 0 Å². The third kappa shape index (κ3) is 3.30. The van der Waals surface area contributed by atoms with E-state index in [1.165, 1.54) is 0 Å².